The normalized spacial score (nSPS) is 12.0. The molecule has 0 bridgehead atoms. The van der Waals surface area contributed by atoms with E-state index in [1.807, 2.05) is 6.55 Å². The molecule has 0 spiro atoms. The third-order valence-electron chi connectivity index (χ3n) is 5.72. The van der Waals surface area contributed by atoms with E-state index in [4.69, 9.17) is 22.2 Å². The van der Waals surface area contributed by atoms with Gasteiger partial charge in [-0.2, -0.15) is 0 Å². The topological polar surface area (TPSA) is 0 Å². The highest BCUT2D eigenvalue weighted by molar-refractivity contribution is 7.44. The van der Waals surface area contributed by atoms with Crippen LogP contribution in [0.4, 0.5) is 0 Å². The minimum absolute atomic E-state index is 1.06. The summed E-state index contributed by atoms with van der Waals surface area (Å²) in [6, 6.07) is 1.06. The Kier molecular flexibility index (Phi) is 22.1. The number of unbranched alkanes of at least 4 members (excludes halogenated alkanes) is 20. The quantitative estimate of drug-likeness (QED) is 0.0897. The molecule has 27 heavy (non-hydrogen) atoms. The Hall–Kier alpha value is 0.797. The Morgan fingerprint density at radius 1 is 0.407 bits per heavy atom. The first-order chi connectivity index (χ1) is 13.1. The van der Waals surface area contributed by atoms with Gasteiger partial charge in [-0.15, -0.1) is 22.2 Å². The lowest BCUT2D eigenvalue weighted by molar-refractivity contribution is 0.521. The predicted octanol–water partition coefficient (Wildman–Crippen LogP) is 10.7. The first-order valence-corrected chi connectivity index (χ1v) is 17.2. The second-order valence-electron chi connectivity index (χ2n) is 8.89. The van der Waals surface area contributed by atoms with E-state index >= 15 is 0 Å². The van der Waals surface area contributed by atoms with E-state index < -0.39 is 6.69 Å². The molecule has 0 fully saturated rings. The molecule has 164 valence electrons. The van der Waals surface area contributed by atoms with Crippen molar-refractivity contribution in [2.45, 2.75) is 154 Å². The highest BCUT2D eigenvalue weighted by Gasteiger charge is 2.19. The number of rotatable bonds is 22. The molecule has 0 nitrogen and oxygen atoms in total. The van der Waals surface area contributed by atoms with Crippen molar-refractivity contribution in [2.24, 2.45) is 0 Å². The minimum atomic E-state index is -1.83. The summed E-state index contributed by atoms with van der Waals surface area (Å²) in [5.41, 5.74) is 0. The Morgan fingerprint density at radius 2 is 0.630 bits per heavy atom. The number of hydrogen-bond acceptors (Lipinski definition) is 0. The van der Waals surface area contributed by atoms with Gasteiger partial charge in [-0.3, -0.25) is 0 Å². The summed E-state index contributed by atoms with van der Waals surface area (Å²) in [7, 11) is 0. The van der Waals surface area contributed by atoms with Gasteiger partial charge < -0.3 is 0 Å². The standard InChI is InChI=1S/C24H50Cl2Si/c1-3-4-5-6-7-8-9-10-11-12-13-14-15-16-17-18-19-20-21-22-23-24-27(2,25)26/h3-24H2,1-2H3. The van der Waals surface area contributed by atoms with Gasteiger partial charge in [0.1, 0.15) is 0 Å². The van der Waals surface area contributed by atoms with E-state index in [0.717, 1.165) is 6.04 Å². The van der Waals surface area contributed by atoms with Crippen molar-refractivity contribution >= 4 is 28.9 Å². The molecular weight excluding hydrogens is 387 g/mol. The summed E-state index contributed by atoms with van der Waals surface area (Å²) in [5, 5.41) is 0. The summed E-state index contributed by atoms with van der Waals surface area (Å²) >= 11 is 12.3. The first-order valence-electron chi connectivity index (χ1n) is 12.4. The first kappa shape index (κ1) is 27.8. The van der Waals surface area contributed by atoms with Crippen LogP contribution < -0.4 is 0 Å². The highest BCUT2D eigenvalue weighted by Crippen LogP contribution is 2.23. The van der Waals surface area contributed by atoms with Gasteiger partial charge >= 0.3 is 0 Å². The SMILES string of the molecule is CCCCCCCCCCCCCCCCCCCCCCC[Si](C)(Cl)Cl. The Morgan fingerprint density at radius 3 is 0.852 bits per heavy atom. The molecule has 0 unspecified atom stereocenters. The van der Waals surface area contributed by atoms with Gasteiger partial charge in [0.2, 0.25) is 6.69 Å². The Balaban J connectivity index is 3.01. The van der Waals surface area contributed by atoms with E-state index in [0.29, 0.717) is 0 Å². The van der Waals surface area contributed by atoms with Crippen LogP contribution in [-0.4, -0.2) is 6.69 Å². The number of halogens is 2. The van der Waals surface area contributed by atoms with Crippen molar-refractivity contribution in [3.05, 3.63) is 0 Å². The molecule has 0 aliphatic heterocycles. The maximum absolute atomic E-state index is 6.13. The van der Waals surface area contributed by atoms with Crippen LogP contribution in [0.2, 0.25) is 12.6 Å². The molecule has 0 rings (SSSR count). The molecule has 0 radical (unpaired) electrons. The lowest BCUT2D eigenvalue weighted by Gasteiger charge is -2.09. The van der Waals surface area contributed by atoms with Crippen LogP contribution in [0.3, 0.4) is 0 Å². The minimum Gasteiger partial charge on any atom is -0.146 e. The van der Waals surface area contributed by atoms with Crippen LogP contribution in [0, 0.1) is 0 Å². The van der Waals surface area contributed by atoms with Crippen LogP contribution in [0.1, 0.15) is 142 Å². The third-order valence-corrected chi connectivity index (χ3v) is 8.08. The zero-order chi connectivity index (χ0) is 20.1. The second-order valence-corrected chi connectivity index (χ2v) is 17.1. The molecule has 0 aliphatic rings. The average molecular weight is 438 g/mol. The van der Waals surface area contributed by atoms with Crippen LogP contribution in [-0.2, 0) is 0 Å². The summed E-state index contributed by atoms with van der Waals surface area (Å²) in [5.74, 6) is 0. The van der Waals surface area contributed by atoms with Crippen molar-refractivity contribution in [3.8, 4) is 0 Å². The predicted molar refractivity (Wildman–Crippen MR) is 131 cm³/mol. The van der Waals surface area contributed by atoms with E-state index in [1.54, 1.807) is 0 Å². The molecule has 0 saturated carbocycles. The van der Waals surface area contributed by atoms with Gasteiger partial charge in [0.15, 0.2) is 0 Å². The Labute approximate surface area is 183 Å². The van der Waals surface area contributed by atoms with E-state index in [1.165, 1.54) is 135 Å². The monoisotopic (exact) mass is 436 g/mol. The largest absolute Gasteiger partial charge is 0.248 e. The van der Waals surface area contributed by atoms with Crippen molar-refractivity contribution in [1.29, 1.82) is 0 Å². The average Bonchev–Trinajstić information content (AvgIpc) is 2.62. The smallest absolute Gasteiger partial charge is 0.146 e. The Bertz CT molecular complexity index is 276. The van der Waals surface area contributed by atoms with Crippen LogP contribution in [0.5, 0.6) is 0 Å². The fourth-order valence-electron chi connectivity index (χ4n) is 3.87. The van der Waals surface area contributed by atoms with Crippen LogP contribution >= 0.6 is 22.2 Å². The fourth-order valence-corrected chi connectivity index (χ4v) is 5.54. The molecule has 0 atom stereocenters. The molecule has 0 aromatic heterocycles. The van der Waals surface area contributed by atoms with Crippen molar-refractivity contribution in [1.82, 2.24) is 0 Å². The molecule has 0 heterocycles. The molecule has 0 aliphatic carbocycles. The highest BCUT2D eigenvalue weighted by atomic mass is 35.7. The summed E-state index contributed by atoms with van der Waals surface area (Å²) in [6.07, 6.45) is 30.1. The summed E-state index contributed by atoms with van der Waals surface area (Å²) < 4.78 is 0. The van der Waals surface area contributed by atoms with Gasteiger partial charge in [0.25, 0.3) is 0 Å². The molecule has 0 aromatic carbocycles. The van der Waals surface area contributed by atoms with Crippen molar-refractivity contribution in [3.63, 3.8) is 0 Å². The van der Waals surface area contributed by atoms with Crippen molar-refractivity contribution < 1.29 is 0 Å². The molecule has 0 amide bonds. The van der Waals surface area contributed by atoms with Gasteiger partial charge in [-0.05, 0) is 12.6 Å². The van der Waals surface area contributed by atoms with Gasteiger partial charge in [-0.1, -0.05) is 142 Å². The number of hydrogen-bond donors (Lipinski definition) is 0. The van der Waals surface area contributed by atoms with Crippen LogP contribution in [0.25, 0.3) is 0 Å². The lowest BCUT2D eigenvalue weighted by Crippen LogP contribution is -2.11. The van der Waals surface area contributed by atoms with Crippen molar-refractivity contribution in [2.75, 3.05) is 0 Å². The van der Waals surface area contributed by atoms with E-state index in [2.05, 4.69) is 6.92 Å². The molecule has 0 N–H and O–H groups in total. The molecule has 0 aromatic rings. The third kappa shape index (κ3) is 26.8. The van der Waals surface area contributed by atoms with E-state index in [-0.39, 0.29) is 0 Å². The van der Waals surface area contributed by atoms with Gasteiger partial charge in [0, 0.05) is 0 Å². The van der Waals surface area contributed by atoms with Crippen LogP contribution in [0.15, 0.2) is 0 Å². The summed E-state index contributed by atoms with van der Waals surface area (Å²) in [4.78, 5) is 0. The zero-order valence-corrected chi connectivity index (χ0v) is 21.3. The maximum atomic E-state index is 6.13. The fraction of sp³-hybridized carbons (Fsp3) is 1.00. The van der Waals surface area contributed by atoms with Gasteiger partial charge in [0.05, 0.1) is 0 Å². The molecule has 3 heteroatoms. The van der Waals surface area contributed by atoms with Gasteiger partial charge in [-0.25, -0.2) is 0 Å². The van der Waals surface area contributed by atoms with E-state index in [9.17, 15) is 0 Å². The summed E-state index contributed by atoms with van der Waals surface area (Å²) in [6.45, 7) is 2.50. The lowest BCUT2D eigenvalue weighted by atomic mass is 10.0. The zero-order valence-electron chi connectivity index (χ0n) is 18.8. The second kappa shape index (κ2) is 21.5. The maximum Gasteiger partial charge on any atom is 0.248 e. The molecule has 0 saturated heterocycles. The molecular formula is C24H50Cl2Si.